The summed E-state index contributed by atoms with van der Waals surface area (Å²) in [6.07, 6.45) is 9.38. The van der Waals surface area contributed by atoms with Gasteiger partial charge < -0.3 is 14.6 Å². The first-order chi connectivity index (χ1) is 15.4. The monoisotopic (exact) mass is 426 g/mol. The Bertz CT molecular complexity index is 1200. The van der Waals surface area contributed by atoms with Crippen molar-refractivity contribution in [2.75, 3.05) is 13.7 Å². The van der Waals surface area contributed by atoms with E-state index in [4.69, 9.17) is 9.72 Å². The number of methoxy groups -OCH3 is 1. The van der Waals surface area contributed by atoms with Crippen molar-refractivity contribution in [1.82, 2.24) is 14.9 Å². The van der Waals surface area contributed by atoms with Gasteiger partial charge in [0.1, 0.15) is 11.6 Å². The number of H-pyrrole nitrogens is 1. The molecule has 5 rings (SSSR count). The van der Waals surface area contributed by atoms with Crippen LogP contribution in [0.1, 0.15) is 61.5 Å². The van der Waals surface area contributed by atoms with Crippen molar-refractivity contribution >= 4 is 11.0 Å². The first-order valence-corrected chi connectivity index (χ1v) is 11.6. The van der Waals surface area contributed by atoms with E-state index in [9.17, 15) is 0 Å². The molecule has 1 radical (unpaired) electrons. The number of aromatic amines is 1. The molecule has 4 nitrogen and oxygen atoms in total. The van der Waals surface area contributed by atoms with Crippen molar-refractivity contribution in [3.05, 3.63) is 82.3 Å². The number of nitrogens with one attached hydrogen (secondary N) is 1. The number of rotatable bonds is 4. The highest BCUT2D eigenvalue weighted by molar-refractivity contribution is 5.77. The molecule has 2 aromatic carbocycles. The van der Waals surface area contributed by atoms with Crippen molar-refractivity contribution < 1.29 is 4.74 Å². The zero-order valence-electron chi connectivity index (χ0n) is 19.7. The second-order valence-corrected chi connectivity index (χ2v) is 9.48. The van der Waals surface area contributed by atoms with E-state index in [2.05, 4.69) is 74.0 Å². The summed E-state index contributed by atoms with van der Waals surface area (Å²) in [5.41, 5.74) is 8.28. The van der Waals surface area contributed by atoms with Crippen molar-refractivity contribution in [1.29, 1.82) is 0 Å². The number of imidazole rings is 1. The SMILES string of the molecule is COc1ccccc1C1[C]=C(N2CCC[C@@]2(C)c2nc3cc(C)c(C)cc3[nH]2)C(C)=CC1. The Hall–Kier alpha value is -3.01. The number of ether oxygens (including phenoxy) is 1. The summed E-state index contributed by atoms with van der Waals surface area (Å²) in [6.45, 7) is 9.86. The number of hydrogen-bond donors (Lipinski definition) is 1. The van der Waals surface area contributed by atoms with E-state index in [1.165, 1.54) is 28.0 Å². The molecule has 4 heteroatoms. The van der Waals surface area contributed by atoms with Crippen LogP contribution in [-0.2, 0) is 5.54 Å². The Labute approximate surface area is 191 Å². The summed E-state index contributed by atoms with van der Waals surface area (Å²) in [6, 6.07) is 12.7. The van der Waals surface area contributed by atoms with E-state index in [0.29, 0.717) is 0 Å². The number of nitrogens with zero attached hydrogens (tertiary/aromatic N) is 2. The fourth-order valence-corrected chi connectivity index (χ4v) is 5.27. The lowest BCUT2D eigenvalue weighted by molar-refractivity contribution is 0.197. The minimum atomic E-state index is -0.180. The Morgan fingerprint density at radius 2 is 1.94 bits per heavy atom. The average Bonchev–Trinajstić information content (AvgIpc) is 3.39. The van der Waals surface area contributed by atoms with Gasteiger partial charge in [0.25, 0.3) is 0 Å². The smallest absolute Gasteiger partial charge is 0.132 e. The van der Waals surface area contributed by atoms with E-state index in [-0.39, 0.29) is 11.5 Å². The van der Waals surface area contributed by atoms with Crippen molar-refractivity contribution in [3.8, 4) is 5.75 Å². The van der Waals surface area contributed by atoms with E-state index in [1.54, 1.807) is 7.11 Å². The number of aromatic nitrogens is 2. The standard InChI is InChI=1S/C28H32N3O/c1-18-11-12-21(22-9-6-7-10-26(22)32-5)17-25(18)31-14-8-13-28(31,4)27-29-23-15-19(2)20(3)16-24(23)30-27/h6-7,9-11,15-16,21H,8,12-14H2,1-5H3,(H,29,30)/t21?,28-/m0/s1. The van der Waals surface area contributed by atoms with Gasteiger partial charge in [-0.2, -0.15) is 0 Å². The van der Waals surface area contributed by atoms with E-state index >= 15 is 0 Å². The predicted octanol–water partition coefficient (Wildman–Crippen LogP) is 6.32. The van der Waals surface area contributed by atoms with Gasteiger partial charge in [-0.15, -0.1) is 0 Å². The van der Waals surface area contributed by atoms with Gasteiger partial charge >= 0.3 is 0 Å². The number of fused-ring (bicyclic) bond motifs is 1. The van der Waals surface area contributed by atoms with Gasteiger partial charge in [-0.25, -0.2) is 4.98 Å². The lowest BCUT2D eigenvalue weighted by Gasteiger charge is -2.39. The molecule has 1 aromatic heterocycles. The van der Waals surface area contributed by atoms with Crippen LogP contribution in [0.2, 0.25) is 0 Å². The molecule has 1 saturated heterocycles. The average molecular weight is 427 g/mol. The third kappa shape index (κ3) is 3.33. The Morgan fingerprint density at radius 1 is 1.16 bits per heavy atom. The van der Waals surface area contributed by atoms with Gasteiger partial charge in [-0.05, 0) is 87.9 Å². The number of hydrogen-bond acceptors (Lipinski definition) is 3. The van der Waals surface area contributed by atoms with Gasteiger partial charge in [0.05, 0.1) is 23.7 Å². The topological polar surface area (TPSA) is 41.1 Å². The highest BCUT2D eigenvalue weighted by atomic mass is 16.5. The Balaban J connectivity index is 1.55. The van der Waals surface area contributed by atoms with Gasteiger partial charge in [-0.1, -0.05) is 24.3 Å². The van der Waals surface area contributed by atoms with Crippen LogP contribution in [0.25, 0.3) is 11.0 Å². The lowest BCUT2D eigenvalue weighted by Crippen LogP contribution is -2.40. The zero-order chi connectivity index (χ0) is 22.5. The van der Waals surface area contributed by atoms with Gasteiger partial charge in [-0.3, -0.25) is 0 Å². The third-order valence-corrected chi connectivity index (χ3v) is 7.38. The fourth-order valence-electron chi connectivity index (χ4n) is 5.27. The van der Waals surface area contributed by atoms with Crippen LogP contribution in [-0.4, -0.2) is 28.5 Å². The van der Waals surface area contributed by atoms with Crippen LogP contribution in [0, 0.1) is 19.9 Å². The van der Waals surface area contributed by atoms with Crippen LogP contribution < -0.4 is 4.74 Å². The maximum Gasteiger partial charge on any atom is 0.132 e. The maximum absolute atomic E-state index is 5.65. The molecule has 0 amide bonds. The summed E-state index contributed by atoms with van der Waals surface area (Å²) in [4.78, 5) is 11.2. The molecule has 1 aliphatic heterocycles. The quantitative estimate of drug-likeness (QED) is 0.531. The van der Waals surface area contributed by atoms with Crippen LogP contribution in [0.4, 0.5) is 0 Å². The molecule has 2 aliphatic rings. The summed E-state index contributed by atoms with van der Waals surface area (Å²) < 4.78 is 5.65. The van der Waals surface area contributed by atoms with Crippen molar-refractivity contribution in [2.24, 2.45) is 0 Å². The molecule has 3 aromatic rings. The fraction of sp³-hybridized carbons (Fsp3) is 0.393. The van der Waals surface area contributed by atoms with Crippen LogP contribution in [0.15, 0.2) is 53.7 Å². The maximum atomic E-state index is 5.65. The highest BCUT2D eigenvalue weighted by Gasteiger charge is 2.42. The summed E-state index contributed by atoms with van der Waals surface area (Å²) in [5, 5.41) is 0. The third-order valence-electron chi connectivity index (χ3n) is 7.38. The molecular weight excluding hydrogens is 394 g/mol. The molecular formula is C28H32N3O. The Morgan fingerprint density at radius 3 is 2.75 bits per heavy atom. The molecule has 0 bridgehead atoms. The number of para-hydroxylation sites is 1. The van der Waals surface area contributed by atoms with Crippen molar-refractivity contribution in [2.45, 2.75) is 58.4 Å². The number of aryl methyl sites for hydroxylation is 2. The molecule has 0 saturated carbocycles. The first kappa shape index (κ1) is 20.9. The molecule has 32 heavy (non-hydrogen) atoms. The summed E-state index contributed by atoms with van der Waals surface area (Å²) >= 11 is 0. The summed E-state index contributed by atoms with van der Waals surface area (Å²) in [5.74, 6) is 2.18. The van der Waals surface area contributed by atoms with Crippen LogP contribution in [0.3, 0.4) is 0 Å². The van der Waals surface area contributed by atoms with Crippen LogP contribution >= 0.6 is 0 Å². The number of benzene rings is 2. The number of allylic oxidation sites excluding steroid dienone is 3. The second-order valence-electron chi connectivity index (χ2n) is 9.48. The van der Waals surface area contributed by atoms with Gasteiger partial charge in [0.15, 0.2) is 0 Å². The summed E-state index contributed by atoms with van der Waals surface area (Å²) in [7, 11) is 1.75. The second kappa shape index (κ2) is 7.84. The lowest BCUT2D eigenvalue weighted by atomic mass is 9.86. The van der Waals surface area contributed by atoms with Gasteiger partial charge in [0, 0.05) is 23.7 Å². The zero-order valence-corrected chi connectivity index (χ0v) is 19.7. The minimum Gasteiger partial charge on any atom is -0.496 e. The number of likely N-dealkylation sites (tertiary alicyclic amines) is 1. The highest BCUT2D eigenvalue weighted by Crippen LogP contribution is 2.44. The Kier molecular flexibility index (Phi) is 5.11. The minimum absolute atomic E-state index is 0.180. The molecule has 2 heterocycles. The molecule has 1 unspecified atom stereocenters. The van der Waals surface area contributed by atoms with Crippen LogP contribution in [0.5, 0.6) is 5.75 Å². The van der Waals surface area contributed by atoms with E-state index < -0.39 is 0 Å². The predicted molar refractivity (Wildman–Crippen MR) is 130 cm³/mol. The largest absolute Gasteiger partial charge is 0.496 e. The molecule has 165 valence electrons. The molecule has 1 aliphatic carbocycles. The molecule has 0 spiro atoms. The normalized spacial score (nSPS) is 23.4. The van der Waals surface area contributed by atoms with E-state index in [0.717, 1.165) is 48.4 Å². The molecule has 1 N–H and O–H groups in total. The van der Waals surface area contributed by atoms with Gasteiger partial charge in [0.2, 0.25) is 0 Å². The molecule has 2 atom stereocenters. The van der Waals surface area contributed by atoms with E-state index in [1.807, 2.05) is 12.1 Å². The van der Waals surface area contributed by atoms with Crippen molar-refractivity contribution in [3.63, 3.8) is 0 Å². The molecule has 1 fully saturated rings. The first-order valence-electron chi connectivity index (χ1n) is 11.6.